The molecule has 0 spiro atoms. The van der Waals surface area contributed by atoms with Gasteiger partial charge in [-0.15, -0.1) is 0 Å². The van der Waals surface area contributed by atoms with Crippen LogP contribution in [-0.2, 0) is 4.79 Å². The Hall–Kier alpha value is -0.260. The molecule has 0 aromatic carbocycles. The van der Waals surface area contributed by atoms with Crippen molar-refractivity contribution in [3.05, 3.63) is 0 Å². The fraction of sp³-hybridized carbons (Fsp3) is 0.933. The largest absolute Gasteiger partial charge is 0.380 e. The van der Waals surface area contributed by atoms with Gasteiger partial charge in [0.15, 0.2) is 0 Å². The second kappa shape index (κ2) is 5.85. The number of fused-ring (bicyclic) bond motifs is 1. The minimum absolute atomic E-state index is 0.00414. The van der Waals surface area contributed by atoms with E-state index in [1.54, 1.807) is 0 Å². The van der Waals surface area contributed by atoms with Crippen molar-refractivity contribution < 1.29 is 9.90 Å². The monoisotopic (exact) mass is 298 g/mol. The van der Waals surface area contributed by atoms with Gasteiger partial charge in [-0.1, -0.05) is 0 Å². The summed E-state index contributed by atoms with van der Waals surface area (Å²) in [6, 6.07) is 0.643. The van der Waals surface area contributed by atoms with Crippen molar-refractivity contribution >= 4 is 17.7 Å². The van der Waals surface area contributed by atoms with Crippen molar-refractivity contribution in [2.24, 2.45) is 5.92 Å². The second-order valence-corrected chi connectivity index (χ2v) is 7.86. The summed E-state index contributed by atoms with van der Waals surface area (Å²) in [4.78, 5) is 17.1. The van der Waals surface area contributed by atoms with Crippen molar-refractivity contribution in [2.45, 2.75) is 43.7 Å². The minimum atomic E-state index is -1.07. The van der Waals surface area contributed by atoms with Gasteiger partial charge in [0.25, 0.3) is 5.91 Å². The fourth-order valence-electron chi connectivity index (χ4n) is 4.05. The van der Waals surface area contributed by atoms with Gasteiger partial charge in [-0.25, -0.2) is 0 Å². The van der Waals surface area contributed by atoms with Gasteiger partial charge >= 0.3 is 0 Å². The zero-order chi connectivity index (χ0) is 14.2. The fourth-order valence-corrected chi connectivity index (χ4v) is 5.22. The number of hydrogen-bond donors (Lipinski definition) is 1. The topological polar surface area (TPSA) is 43.8 Å². The molecule has 4 nitrogen and oxygen atoms in total. The first-order valence-electron chi connectivity index (χ1n) is 7.90. The average molecular weight is 298 g/mol. The molecule has 3 saturated heterocycles. The average Bonchev–Trinajstić information content (AvgIpc) is 2.47. The molecule has 0 saturated carbocycles. The summed E-state index contributed by atoms with van der Waals surface area (Å²) >= 11 is 1.84. The van der Waals surface area contributed by atoms with Crippen LogP contribution in [0.2, 0.25) is 0 Å². The molecule has 0 bridgehead atoms. The molecule has 20 heavy (non-hydrogen) atoms. The van der Waals surface area contributed by atoms with Gasteiger partial charge in [-0.3, -0.25) is 4.79 Å². The van der Waals surface area contributed by atoms with Gasteiger partial charge in [0.2, 0.25) is 0 Å². The summed E-state index contributed by atoms with van der Waals surface area (Å²) in [5.74, 6) is 2.42. The van der Waals surface area contributed by atoms with Gasteiger partial charge in [-0.05, 0) is 63.1 Å². The van der Waals surface area contributed by atoms with Gasteiger partial charge in [0.05, 0.1) is 0 Å². The van der Waals surface area contributed by atoms with Crippen molar-refractivity contribution in [2.75, 3.05) is 38.2 Å². The summed E-state index contributed by atoms with van der Waals surface area (Å²) in [5, 5.41) is 10.6. The first-order chi connectivity index (χ1) is 9.60. The molecule has 3 rings (SSSR count). The Morgan fingerprint density at radius 1 is 1.25 bits per heavy atom. The van der Waals surface area contributed by atoms with Gasteiger partial charge < -0.3 is 14.9 Å². The van der Waals surface area contributed by atoms with Crippen LogP contribution in [0.1, 0.15) is 32.1 Å². The number of amides is 1. The number of carbonyl (C=O) groups is 1. The molecule has 114 valence electrons. The molecule has 3 heterocycles. The Labute approximate surface area is 125 Å². The van der Waals surface area contributed by atoms with E-state index in [0.29, 0.717) is 24.8 Å². The molecule has 0 aromatic rings. The summed E-state index contributed by atoms with van der Waals surface area (Å²) in [5.41, 5.74) is -1.07. The first kappa shape index (κ1) is 14.7. The smallest absolute Gasteiger partial charge is 0.254 e. The summed E-state index contributed by atoms with van der Waals surface area (Å²) < 4.78 is 0. The van der Waals surface area contributed by atoms with Crippen LogP contribution in [0.3, 0.4) is 0 Å². The van der Waals surface area contributed by atoms with Crippen molar-refractivity contribution in [1.29, 1.82) is 0 Å². The molecule has 1 N–H and O–H groups in total. The van der Waals surface area contributed by atoms with E-state index < -0.39 is 5.60 Å². The molecular weight excluding hydrogens is 272 g/mol. The lowest BCUT2D eigenvalue weighted by Crippen LogP contribution is -2.58. The summed E-state index contributed by atoms with van der Waals surface area (Å²) in [6.45, 7) is 2.86. The van der Waals surface area contributed by atoms with Crippen LogP contribution in [-0.4, -0.2) is 70.6 Å². The standard InChI is InChI=1S/C15H26N2O2S/c1-16-7-2-3-12-11-17(8-4-13(12)16)14(18)15(19)5-9-20-10-6-15/h12-13,19H,2-11H2,1H3. The lowest BCUT2D eigenvalue weighted by molar-refractivity contribution is -0.155. The van der Waals surface area contributed by atoms with Crippen molar-refractivity contribution in [1.82, 2.24) is 9.80 Å². The molecule has 2 atom stereocenters. The molecule has 1 amide bonds. The highest BCUT2D eigenvalue weighted by atomic mass is 32.2. The second-order valence-electron chi connectivity index (χ2n) is 6.63. The number of carbonyl (C=O) groups excluding carboxylic acids is 1. The summed E-state index contributed by atoms with van der Waals surface area (Å²) in [6.07, 6.45) is 4.79. The first-order valence-corrected chi connectivity index (χ1v) is 9.05. The number of thioether (sulfide) groups is 1. The maximum atomic E-state index is 12.7. The molecule has 3 aliphatic heterocycles. The van der Waals surface area contributed by atoms with E-state index in [1.165, 1.54) is 19.4 Å². The Kier molecular flexibility index (Phi) is 4.29. The number of aliphatic hydroxyl groups is 1. The van der Waals surface area contributed by atoms with E-state index in [1.807, 2.05) is 16.7 Å². The highest BCUT2D eigenvalue weighted by Gasteiger charge is 2.43. The third-order valence-electron chi connectivity index (χ3n) is 5.35. The Morgan fingerprint density at radius 2 is 2.00 bits per heavy atom. The number of rotatable bonds is 1. The van der Waals surface area contributed by atoms with Crippen LogP contribution in [0.15, 0.2) is 0 Å². The highest BCUT2D eigenvalue weighted by molar-refractivity contribution is 7.99. The van der Waals surface area contributed by atoms with E-state index in [-0.39, 0.29) is 5.91 Å². The third kappa shape index (κ3) is 2.72. The minimum Gasteiger partial charge on any atom is -0.380 e. The number of hydrogen-bond acceptors (Lipinski definition) is 4. The maximum Gasteiger partial charge on any atom is 0.254 e. The van der Waals surface area contributed by atoms with Crippen LogP contribution in [0.5, 0.6) is 0 Å². The van der Waals surface area contributed by atoms with E-state index >= 15 is 0 Å². The third-order valence-corrected chi connectivity index (χ3v) is 6.34. The molecule has 2 unspecified atom stereocenters. The molecule has 0 aromatic heterocycles. The van der Waals surface area contributed by atoms with Crippen LogP contribution in [0, 0.1) is 5.92 Å². The predicted molar refractivity (Wildman–Crippen MR) is 81.8 cm³/mol. The highest BCUT2D eigenvalue weighted by Crippen LogP contribution is 2.33. The SMILES string of the molecule is CN1CCCC2CN(C(=O)C3(O)CCSCC3)CCC21. The number of piperidine rings is 2. The van der Waals surface area contributed by atoms with Crippen LogP contribution < -0.4 is 0 Å². The molecular formula is C15H26N2O2S. The lowest BCUT2D eigenvalue weighted by Gasteiger charge is -2.47. The molecule has 5 heteroatoms. The Balaban J connectivity index is 1.65. The molecule has 0 aliphatic carbocycles. The van der Waals surface area contributed by atoms with Crippen molar-refractivity contribution in [3.8, 4) is 0 Å². The van der Waals surface area contributed by atoms with Crippen LogP contribution in [0.4, 0.5) is 0 Å². The zero-order valence-electron chi connectivity index (χ0n) is 12.4. The van der Waals surface area contributed by atoms with Gasteiger partial charge in [0, 0.05) is 19.1 Å². The van der Waals surface area contributed by atoms with E-state index in [4.69, 9.17) is 0 Å². The lowest BCUT2D eigenvalue weighted by atomic mass is 9.83. The van der Waals surface area contributed by atoms with Crippen LogP contribution >= 0.6 is 11.8 Å². The molecule has 3 aliphatic rings. The number of likely N-dealkylation sites (tertiary alicyclic amines) is 2. The van der Waals surface area contributed by atoms with Gasteiger partial charge in [0.1, 0.15) is 5.60 Å². The Morgan fingerprint density at radius 3 is 2.75 bits per heavy atom. The summed E-state index contributed by atoms with van der Waals surface area (Å²) in [7, 11) is 2.21. The molecule has 0 radical (unpaired) electrons. The van der Waals surface area contributed by atoms with Crippen molar-refractivity contribution in [3.63, 3.8) is 0 Å². The Bertz CT molecular complexity index is 371. The molecule has 3 fully saturated rings. The predicted octanol–water partition coefficient (Wildman–Crippen LogP) is 1.19. The van der Waals surface area contributed by atoms with E-state index in [2.05, 4.69) is 11.9 Å². The van der Waals surface area contributed by atoms with Gasteiger partial charge in [-0.2, -0.15) is 11.8 Å². The number of nitrogens with zero attached hydrogens (tertiary/aromatic N) is 2. The van der Waals surface area contributed by atoms with E-state index in [0.717, 1.165) is 31.0 Å². The maximum absolute atomic E-state index is 12.7. The van der Waals surface area contributed by atoms with E-state index in [9.17, 15) is 9.90 Å². The normalized spacial score (nSPS) is 34.6. The zero-order valence-corrected chi connectivity index (χ0v) is 13.2. The quantitative estimate of drug-likeness (QED) is 0.790. The van der Waals surface area contributed by atoms with Crippen LogP contribution in [0.25, 0.3) is 0 Å².